The van der Waals surface area contributed by atoms with Crippen molar-refractivity contribution >= 4 is 15.9 Å². The van der Waals surface area contributed by atoms with Crippen LogP contribution in [0.5, 0.6) is 0 Å². The van der Waals surface area contributed by atoms with Gasteiger partial charge in [-0.2, -0.15) is 5.10 Å². The van der Waals surface area contributed by atoms with Crippen molar-refractivity contribution in [3.05, 3.63) is 16.4 Å². The average molecular weight is 330 g/mol. The maximum Gasteiger partial charge on any atom is 0.107 e. The molecule has 1 aliphatic rings. The summed E-state index contributed by atoms with van der Waals surface area (Å²) in [4.78, 5) is 0. The highest BCUT2D eigenvalue weighted by Gasteiger charge is 2.38. The fraction of sp³-hybridized carbons (Fsp3) is 0.786. The first-order valence-corrected chi connectivity index (χ1v) is 8.07. The van der Waals surface area contributed by atoms with Gasteiger partial charge >= 0.3 is 0 Å². The lowest BCUT2D eigenvalue weighted by molar-refractivity contribution is -0.0165. The molecule has 2 N–H and O–H groups in total. The second-order valence-electron chi connectivity index (χ2n) is 5.42. The average Bonchev–Trinajstić information content (AvgIpc) is 2.80. The Morgan fingerprint density at radius 3 is 2.74 bits per heavy atom. The second kappa shape index (κ2) is 6.37. The third-order valence-electron chi connectivity index (χ3n) is 4.03. The molecule has 1 saturated carbocycles. The van der Waals surface area contributed by atoms with Gasteiger partial charge in [0.05, 0.1) is 16.4 Å². The minimum absolute atomic E-state index is 0.553. The van der Waals surface area contributed by atoms with Gasteiger partial charge in [-0.3, -0.25) is 4.68 Å². The first kappa shape index (κ1) is 15.0. The summed E-state index contributed by atoms with van der Waals surface area (Å²) in [5.41, 5.74) is 0.222. The van der Waals surface area contributed by atoms with Crippen LogP contribution in [-0.2, 0) is 12.1 Å². The first-order chi connectivity index (χ1) is 9.10. The molecule has 0 spiro atoms. The van der Waals surface area contributed by atoms with Crippen LogP contribution in [0, 0.1) is 0 Å². The second-order valence-corrected chi connectivity index (χ2v) is 6.27. The molecule has 4 nitrogen and oxygen atoms in total. The third kappa shape index (κ3) is 3.20. The van der Waals surface area contributed by atoms with E-state index in [9.17, 15) is 5.11 Å². The standard InChI is InChI=1S/C14H24BrN3O/c1-3-9-16-11-5-7-14(19,8-6-11)13-12(15)10-17-18(13)4-2/h10-11,16,19H,3-9H2,1-2H3. The molecule has 0 aromatic carbocycles. The normalized spacial score (nSPS) is 27.7. The zero-order valence-corrected chi connectivity index (χ0v) is 13.4. The molecule has 108 valence electrons. The van der Waals surface area contributed by atoms with Gasteiger partial charge in [0, 0.05) is 12.6 Å². The molecule has 2 rings (SSSR count). The number of hydrogen-bond donors (Lipinski definition) is 2. The summed E-state index contributed by atoms with van der Waals surface area (Å²) >= 11 is 3.53. The summed E-state index contributed by atoms with van der Waals surface area (Å²) in [6.45, 7) is 6.10. The van der Waals surface area contributed by atoms with Gasteiger partial charge in [0.2, 0.25) is 0 Å². The van der Waals surface area contributed by atoms with Gasteiger partial charge in [0.25, 0.3) is 0 Å². The molecule has 19 heavy (non-hydrogen) atoms. The van der Waals surface area contributed by atoms with Crippen LogP contribution in [0.2, 0.25) is 0 Å². The predicted octanol–water partition coefficient (Wildman–Crippen LogP) is 2.80. The van der Waals surface area contributed by atoms with Crippen molar-refractivity contribution in [2.75, 3.05) is 6.54 Å². The summed E-state index contributed by atoms with van der Waals surface area (Å²) in [5.74, 6) is 0. The SMILES string of the molecule is CCCNC1CCC(O)(c2c(Br)cnn2CC)CC1. The minimum Gasteiger partial charge on any atom is -0.384 e. The molecule has 0 atom stereocenters. The summed E-state index contributed by atoms with van der Waals surface area (Å²) in [5, 5.41) is 18.8. The van der Waals surface area contributed by atoms with Crippen LogP contribution in [-0.4, -0.2) is 27.5 Å². The van der Waals surface area contributed by atoms with E-state index in [2.05, 4.69) is 40.2 Å². The molecule has 0 saturated heterocycles. The van der Waals surface area contributed by atoms with E-state index in [1.165, 1.54) is 0 Å². The molecule has 1 aromatic rings. The quantitative estimate of drug-likeness (QED) is 0.873. The Balaban J connectivity index is 2.07. The van der Waals surface area contributed by atoms with E-state index in [1.807, 2.05) is 4.68 Å². The van der Waals surface area contributed by atoms with Crippen LogP contribution >= 0.6 is 15.9 Å². The van der Waals surface area contributed by atoms with Gasteiger partial charge in [-0.15, -0.1) is 0 Å². The molecular weight excluding hydrogens is 306 g/mol. The first-order valence-electron chi connectivity index (χ1n) is 7.28. The van der Waals surface area contributed by atoms with Crippen LogP contribution in [0.3, 0.4) is 0 Å². The van der Waals surface area contributed by atoms with E-state index in [4.69, 9.17) is 0 Å². The minimum atomic E-state index is -0.726. The van der Waals surface area contributed by atoms with Crippen molar-refractivity contribution in [1.29, 1.82) is 0 Å². The van der Waals surface area contributed by atoms with Crippen molar-refractivity contribution in [3.8, 4) is 0 Å². The molecular formula is C14H24BrN3O. The number of rotatable bonds is 5. The Hall–Kier alpha value is -0.390. The maximum atomic E-state index is 10.9. The Labute approximate surface area is 123 Å². The van der Waals surface area contributed by atoms with Gasteiger partial charge in [-0.1, -0.05) is 6.92 Å². The lowest BCUT2D eigenvalue weighted by Crippen LogP contribution is -2.41. The molecule has 1 aromatic heterocycles. The Morgan fingerprint density at radius 2 is 2.16 bits per heavy atom. The molecule has 5 heteroatoms. The van der Waals surface area contributed by atoms with Crippen molar-refractivity contribution < 1.29 is 5.11 Å². The number of aliphatic hydroxyl groups is 1. The van der Waals surface area contributed by atoms with E-state index in [-0.39, 0.29) is 0 Å². The van der Waals surface area contributed by atoms with Crippen LogP contribution in [0.15, 0.2) is 10.7 Å². The summed E-state index contributed by atoms with van der Waals surface area (Å²) in [7, 11) is 0. The smallest absolute Gasteiger partial charge is 0.107 e. The highest BCUT2D eigenvalue weighted by Crippen LogP contribution is 2.40. The van der Waals surface area contributed by atoms with E-state index < -0.39 is 5.60 Å². The molecule has 0 unspecified atom stereocenters. The number of hydrogen-bond acceptors (Lipinski definition) is 3. The zero-order valence-electron chi connectivity index (χ0n) is 11.8. The van der Waals surface area contributed by atoms with E-state index in [0.29, 0.717) is 6.04 Å². The molecule has 1 aliphatic carbocycles. The third-order valence-corrected chi connectivity index (χ3v) is 4.61. The highest BCUT2D eigenvalue weighted by molar-refractivity contribution is 9.10. The predicted molar refractivity (Wildman–Crippen MR) is 80.0 cm³/mol. The Bertz CT molecular complexity index is 411. The maximum absolute atomic E-state index is 10.9. The summed E-state index contributed by atoms with van der Waals surface area (Å²) < 4.78 is 2.83. The lowest BCUT2D eigenvalue weighted by atomic mass is 9.80. The fourth-order valence-corrected chi connectivity index (χ4v) is 3.61. The fourth-order valence-electron chi connectivity index (χ4n) is 2.95. The lowest BCUT2D eigenvalue weighted by Gasteiger charge is -2.37. The Kier molecular flexibility index (Phi) is 5.03. The van der Waals surface area contributed by atoms with Crippen LogP contribution < -0.4 is 5.32 Å². The van der Waals surface area contributed by atoms with E-state index in [1.54, 1.807) is 6.20 Å². The van der Waals surface area contributed by atoms with Gasteiger partial charge in [-0.05, 0) is 61.5 Å². The Morgan fingerprint density at radius 1 is 1.47 bits per heavy atom. The molecule has 0 amide bonds. The molecule has 0 radical (unpaired) electrons. The van der Waals surface area contributed by atoms with Crippen molar-refractivity contribution in [2.45, 2.75) is 64.1 Å². The highest BCUT2D eigenvalue weighted by atomic mass is 79.9. The summed E-state index contributed by atoms with van der Waals surface area (Å²) in [6.07, 6.45) is 6.61. The van der Waals surface area contributed by atoms with Crippen molar-refractivity contribution in [2.24, 2.45) is 0 Å². The zero-order chi connectivity index (χ0) is 13.9. The number of nitrogens with one attached hydrogen (secondary N) is 1. The van der Waals surface area contributed by atoms with Crippen molar-refractivity contribution in [3.63, 3.8) is 0 Å². The molecule has 1 heterocycles. The van der Waals surface area contributed by atoms with Crippen LogP contribution in [0.1, 0.15) is 51.6 Å². The number of aryl methyl sites for hydroxylation is 1. The van der Waals surface area contributed by atoms with Crippen LogP contribution in [0.25, 0.3) is 0 Å². The van der Waals surface area contributed by atoms with E-state index in [0.717, 1.165) is 55.4 Å². The monoisotopic (exact) mass is 329 g/mol. The van der Waals surface area contributed by atoms with E-state index >= 15 is 0 Å². The van der Waals surface area contributed by atoms with Gasteiger partial charge in [0.1, 0.15) is 5.60 Å². The number of halogens is 1. The van der Waals surface area contributed by atoms with Gasteiger partial charge in [0.15, 0.2) is 0 Å². The summed E-state index contributed by atoms with van der Waals surface area (Å²) in [6, 6.07) is 0.553. The van der Waals surface area contributed by atoms with Gasteiger partial charge in [-0.25, -0.2) is 0 Å². The molecule has 1 fully saturated rings. The topological polar surface area (TPSA) is 50.1 Å². The number of nitrogens with zero attached hydrogens (tertiary/aromatic N) is 2. The van der Waals surface area contributed by atoms with Crippen molar-refractivity contribution in [1.82, 2.24) is 15.1 Å². The van der Waals surface area contributed by atoms with Crippen LogP contribution in [0.4, 0.5) is 0 Å². The largest absolute Gasteiger partial charge is 0.384 e. The number of aromatic nitrogens is 2. The molecule has 0 aliphatic heterocycles. The molecule has 0 bridgehead atoms. The van der Waals surface area contributed by atoms with Gasteiger partial charge < -0.3 is 10.4 Å².